The van der Waals surface area contributed by atoms with Crippen molar-refractivity contribution in [3.63, 3.8) is 0 Å². The van der Waals surface area contributed by atoms with E-state index in [-0.39, 0.29) is 17.6 Å². The normalized spacial score (nSPS) is 10.4. The third-order valence-electron chi connectivity index (χ3n) is 3.55. The molecule has 3 rings (SSSR count). The van der Waals surface area contributed by atoms with Crippen LogP contribution in [0.15, 0.2) is 64.2 Å². The highest BCUT2D eigenvalue weighted by molar-refractivity contribution is 7.99. The van der Waals surface area contributed by atoms with Crippen molar-refractivity contribution >= 4 is 29.3 Å². The van der Waals surface area contributed by atoms with Crippen LogP contribution in [0.2, 0.25) is 0 Å². The van der Waals surface area contributed by atoms with E-state index < -0.39 is 0 Å². The summed E-state index contributed by atoms with van der Waals surface area (Å²) in [5.41, 5.74) is 1.89. The van der Waals surface area contributed by atoms with Gasteiger partial charge in [-0.3, -0.25) is 9.59 Å². The maximum atomic E-state index is 12.2. The molecule has 1 N–H and O–H groups in total. The van der Waals surface area contributed by atoms with Gasteiger partial charge in [0.05, 0.1) is 5.75 Å². The number of amides is 2. The van der Waals surface area contributed by atoms with Gasteiger partial charge in [0.25, 0.3) is 11.1 Å². The van der Waals surface area contributed by atoms with E-state index in [0.29, 0.717) is 22.4 Å². The van der Waals surface area contributed by atoms with Crippen LogP contribution in [0.25, 0.3) is 11.5 Å². The number of hydrogen-bond donors (Lipinski definition) is 1. The fraction of sp³-hybridized carbons (Fsp3) is 0.158. The molecule has 0 saturated heterocycles. The highest BCUT2D eigenvalue weighted by atomic mass is 32.2. The molecule has 0 saturated carbocycles. The van der Waals surface area contributed by atoms with E-state index in [4.69, 9.17) is 4.42 Å². The zero-order valence-corrected chi connectivity index (χ0v) is 15.7. The second kappa shape index (κ2) is 8.50. The number of nitrogens with zero attached hydrogens (tertiary/aromatic N) is 3. The molecule has 27 heavy (non-hydrogen) atoms. The lowest BCUT2D eigenvalue weighted by Gasteiger charge is -2.11. The Hall–Kier alpha value is -3.13. The molecule has 1 heterocycles. The van der Waals surface area contributed by atoms with E-state index in [1.165, 1.54) is 4.90 Å². The summed E-state index contributed by atoms with van der Waals surface area (Å²) in [5.74, 6) is 0.171. The van der Waals surface area contributed by atoms with E-state index in [9.17, 15) is 9.59 Å². The number of thioether (sulfide) groups is 1. The number of aromatic nitrogens is 2. The zero-order chi connectivity index (χ0) is 19.2. The van der Waals surface area contributed by atoms with Gasteiger partial charge < -0.3 is 14.6 Å². The molecule has 0 radical (unpaired) electrons. The SMILES string of the molecule is CN(C)C(=O)c1cccc(NC(=O)CSc2nnc(-c3ccccc3)o2)c1. The van der Waals surface area contributed by atoms with Crippen molar-refractivity contribution in [1.82, 2.24) is 15.1 Å². The summed E-state index contributed by atoms with van der Waals surface area (Å²) >= 11 is 1.15. The van der Waals surface area contributed by atoms with Crippen molar-refractivity contribution in [2.24, 2.45) is 0 Å². The molecular weight excluding hydrogens is 364 g/mol. The van der Waals surface area contributed by atoms with Gasteiger partial charge in [0.2, 0.25) is 11.8 Å². The molecule has 1 aromatic heterocycles. The molecule has 0 fully saturated rings. The van der Waals surface area contributed by atoms with E-state index in [1.807, 2.05) is 30.3 Å². The van der Waals surface area contributed by atoms with Crippen LogP contribution in [0.3, 0.4) is 0 Å². The van der Waals surface area contributed by atoms with Gasteiger partial charge in [0.1, 0.15) is 0 Å². The van der Waals surface area contributed by atoms with Crippen molar-refractivity contribution in [2.75, 3.05) is 25.2 Å². The van der Waals surface area contributed by atoms with Crippen LogP contribution in [0, 0.1) is 0 Å². The Morgan fingerprint density at radius 1 is 1.07 bits per heavy atom. The molecule has 0 unspecified atom stereocenters. The first kappa shape index (κ1) is 18.7. The van der Waals surface area contributed by atoms with Crippen LogP contribution >= 0.6 is 11.8 Å². The highest BCUT2D eigenvalue weighted by Gasteiger charge is 2.12. The Bertz CT molecular complexity index is 941. The fourth-order valence-corrected chi connectivity index (χ4v) is 2.84. The van der Waals surface area contributed by atoms with Crippen LogP contribution in [0.5, 0.6) is 0 Å². The first-order valence-corrected chi connectivity index (χ1v) is 9.15. The number of nitrogens with one attached hydrogen (secondary N) is 1. The highest BCUT2D eigenvalue weighted by Crippen LogP contribution is 2.23. The van der Waals surface area contributed by atoms with E-state index in [0.717, 1.165) is 17.3 Å². The second-order valence-electron chi connectivity index (χ2n) is 5.86. The molecule has 3 aromatic rings. The summed E-state index contributed by atoms with van der Waals surface area (Å²) in [7, 11) is 3.36. The Morgan fingerprint density at radius 3 is 2.59 bits per heavy atom. The summed E-state index contributed by atoms with van der Waals surface area (Å²) < 4.78 is 5.56. The molecule has 0 aliphatic heterocycles. The van der Waals surface area contributed by atoms with Crippen LogP contribution in [0.1, 0.15) is 10.4 Å². The van der Waals surface area contributed by atoms with Gasteiger partial charge in [0.15, 0.2) is 0 Å². The monoisotopic (exact) mass is 382 g/mol. The van der Waals surface area contributed by atoms with Gasteiger partial charge >= 0.3 is 0 Å². The molecule has 0 bridgehead atoms. The third kappa shape index (κ3) is 4.95. The number of carbonyl (C=O) groups excluding carboxylic acids is 2. The van der Waals surface area contributed by atoms with Crippen molar-refractivity contribution < 1.29 is 14.0 Å². The smallest absolute Gasteiger partial charge is 0.277 e. The first-order chi connectivity index (χ1) is 13.0. The predicted molar refractivity (Wildman–Crippen MR) is 104 cm³/mol. The second-order valence-corrected chi connectivity index (χ2v) is 6.78. The van der Waals surface area contributed by atoms with Gasteiger partial charge in [-0.2, -0.15) is 0 Å². The number of hydrogen-bond acceptors (Lipinski definition) is 6. The van der Waals surface area contributed by atoms with Crippen LogP contribution in [-0.4, -0.2) is 46.8 Å². The molecule has 0 aliphatic carbocycles. The minimum Gasteiger partial charge on any atom is -0.411 e. The molecule has 138 valence electrons. The van der Waals surface area contributed by atoms with Gasteiger partial charge in [-0.25, -0.2) is 0 Å². The van der Waals surface area contributed by atoms with Gasteiger partial charge in [-0.1, -0.05) is 36.0 Å². The van der Waals surface area contributed by atoms with Crippen molar-refractivity contribution in [2.45, 2.75) is 5.22 Å². The minimum atomic E-state index is -0.228. The van der Waals surface area contributed by atoms with Crippen molar-refractivity contribution in [3.05, 3.63) is 60.2 Å². The number of anilines is 1. The largest absolute Gasteiger partial charge is 0.411 e. The molecule has 7 nitrogen and oxygen atoms in total. The minimum absolute atomic E-state index is 0.113. The van der Waals surface area contributed by atoms with Crippen molar-refractivity contribution in [3.8, 4) is 11.5 Å². The quantitative estimate of drug-likeness (QED) is 0.659. The third-order valence-corrected chi connectivity index (χ3v) is 4.37. The lowest BCUT2D eigenvalue weighted by Crippen LogP contribution is -2.22. The number of rotatable bonds is 6. The Labute approximate surface area is 160 Å². The lowest BCUT2D eigenvalue weighted by molar-refractivity contribution is -0.113. The molecule has 0 aliphatic rings. The molecule has 0 spiro atoms. The summed E-state index contributed by atoms with van der Waals surface area (Å²) in [5, 5.41) is 11.0. The molecule has 2 amide bonds. The van der Waals surface area contributed by atoms with Gasteiger partial charge in [-0.05, 0) is 30.3 Å². The van der Waals surface area contributed by atoms with Gasteiger partial charge in [0, 0.05) is 30.9 Å². The average Bonchev–Trinajstić information content (AvgIpc) is 3.16. The zero-order valence-electron chi connectivity index (χ0n) is 14.9. The summed E-state index contributed by atoms with van der Waals surface area (Å²) in [6, 6.07) is 16.2. The van der Waals surface area contributed by atoms with E-state index in [1.54, 1.807) is 38.4 Å². The lowest BCUT2D eigenvalue weighted by atomic mass is 10.2. The molecular formula is C19H18N4O3S. The average molecular weight is 382 g/mol. The van der Waals surface area contributed by atoms with Crippen LogP contribution in [0.4, 0.5) is 5.69 Å². The topological polar surface area (TPSA) is 88.3 Å². The summed E-state index contributed by atoms with van der Waals surface area (Å²) in [6.07, 6.45) is 0. The molecule has 2 aromatic carbocycles. The summed E-state index contributed by atoms with van der Waals surface area (Å²) in [6.45, 7) is 0. The number of benzene rings is 2. The van der Waals surface area contributed by atoms with E-state index >= 15 is 0 Å². The fourth-order valence-electron chi connectivity index (χ4n) is 2.28. The first-order valence-electron chi connectivity index (χ1n) is 8.16. The van der Waals surface area contributed by atoms with Crippen LogP contribution < -0.4 is 5.32 Å². The Morgan fingerprint density at radius 2 is 1.85 bits per heavy atom. The summed E-state index contributed by atoms with van der Waals surface area (Å²) in [4.78, 5) is 25.6. The molecule has 0 atom stereocenters. The Balaban J connectivity index is 1.57. The number of carbonyl (C=O) groups is 2. The van der Waals surface area contributed by atoms with Gasteiger partial charge in [-0.15, -0.1) is 10.2 Å². The molecule has 8 heteroatoms. The van der Waals surface area contributed by atoms with Crippen molar-refractivity contribution in [1.29, 1.82) is 0 Å². The maximum absolute atomic E-state index is 12.2. The Kier molecular flexibility index (Phi) is 5.87. The van der Waals surface area contributed by atoms with E-state index in [2.05, 4.69) is 15.5 Å². The van der Waals surface area contributed by atoms with Crippen LogP contribution in [-0.2, 0) is 4.79 Å². The maximum Gasteiger partial charge on any atom is 0.277 e. The predicted octanol–water partition coefficient (Wildman–Crippen LogP) is 3.17. The standard InChI is InChI=1S/C19H18N4O3S/c1-23(2)18(25)14-9-6-10-15(11-14)20-16(24)12-27-19-22-21-17(26-19)13-7-4-3-5-8-13/h3-11H,12H2,1-2H3,(H,20,24).